The summed E-state index contributed by atoms with van der Waals surface area (Å²) in [6, 6.07) is 6.24. The molecule has 0 aliphatic carbocycles. The van der Waals surface area contributed by atoms with Crippen LogP contribution in [-0.2, 0) is 14.8 Å². The second-order valence-electron chi connectivity index (χ2n) is 6.53. The molecule has 3 rings (SSSR count). The first-order valence-corrected chi connectivity index (χ1v) is 10.1. The summed E-state index contributed by atoms with van der Waals surface area (Å²) in [6.45, 7) is 7.18. The number of sulfonamides is 1. The molecule has 1 N–H and O–H groups in total. The number of carbonyl (C=O) groups excluding carboxylic acids is 1. The maximum atomic E-state index is 12.9. The fraction of sp³-hybridized carbons (Fsp3) is 0.588. The molecule has 0 saturated carbocycles. The lowest BCUT2D eigenvalue weighted by molar-refractivity contribution is 0.0303. The van der Waals surface area contributed by atoms with E-state index in [0.717, 1.165) is 0 Å². The molecule has 2 fully saturated rings. The van der Waals surface area contributed by atoms with Crippen molar-refractivity contribution >= 4 is 28.3 Å². The van der Waals surface area contributed by atoms with Crippen LogP contribution in [0.5, 0.6) is 0 Å². The highest BCUT2D eigenvalue weighted by Crippen LogP contribution is 2.22. The highest BCUT2D eigenvalue weighted by Gasteiger charge is 2.34. The lowest BCUT2D eigenvalue weighted by atomic mass is 10.1. The molecule has 9 heteroatoms. The van der Waals surface area contributed by atoms with Crippen molar-refractivity contribution in [2.24, 2.45) is 0 Å². The molecule has 2 atom stereocenters. The zero-order valence-corrected chi connectivity index (χ0v) is 16.7. The van der Waals surface area contributed by atoms with Crippen molar-refractivity contribution < 1.29 is 17.9 Å². The molecule has 2 aliphatic heterocycles. The molecule has 2 saturated heterocycles. The van der Waals surface area contributed by atoms with Crippen molar-refractivity contribution in [3.8, 4) is 0 Å². The molecule has 2 aliphatic rings. The van der Waals surface area contributed by atoms with Crippen LogP contribution < -0.4 is 5.32 Å². The Balaban J connectivity index is 0.00000243. The predicted octanol–water partition coefficient (Wildman–Crippen LogP) is 0.952. The van der Waals surface area contributed by atoms with E-state index in [1.165, 1.54) is 16.4 Å². The van der Waals surface area contributed by atoms with Crippen LogP contribution in [0.3, 0.4) is 0 Å². The van der Waals surface area contributed by atoms with Gasteiger partial charge >= 0.3 is 0 Å². The van der Waals surface area contributed by atoms with Crippen LogP contribution >= 0.6 is 12.4 Å². The number of benzene rings is 1. The predicted molar refractivity (Wildman–Crippen MR) is 101 cm³/mol. The first kappa shape index (κ1) is 21.1. The van der Waals surface area contributed by atoms with Crippen molar-refractivity contribution in [1.29, 1.82) is 0 Å². The Morgan fingerprint density at radius 1 is 1.12 bits per heavy atom. The molecular formula is C17H26ClN3O4S. The normalized spacial score (nSPS) is 24.8. The van der Waals surface area contributed by atoms with E-state index in [0.29, 0.717) is 45.0 Å². The fourth-order valence-corrected chi connectivity index (χ4v) is 4.92. The number of morpholine rings is 1. The van der Waals surface area contributed by atoms with Crippen molar-refractivity contribution in [1.82, 2.24) is 14.5 Å². The number of hydrogen-bond acceptors (Lipinski definition) is 5. The maximum absolute atomic E-state index is 12.9. The molecule has 0 bridgehead atoms. The summed E-state index contributed by atoms with van der Waals surface area (Å²) in [6.07, 6.45) is 0. The fourth-order valence-electron chi connectivity index (χ4n) is 3.22. The molecule has 26 heavy (non-hydrogen) atoms. The Morgan fingerprint density at radius 3 is 2.35 bits per heavy atom. The van der Waals surface area contributed by atoms with Crippen LogP contribution in [0.4, 0.5) is 0 Å². The van der Waals surface area contributed by atoms with Crippen molar-refractivity contribution in [3.63, 3.8) is 0 Å². The Morgan fingerprint density at radius 2 is 1.73 bits per heavy atom. The molecule has 0 aromatic heterocycles. The molecule has 1 aromatic carbocycles. The average molecular weight is 404 g/mol. The van der Waals surface area contributed by atoms with E-state index >= 15 is 0 Å². The average Bonchev–Trinajstić information content (AvgIpc) is 2.64. The molecule has 1 aromatic rings. The Labute approximate surface area is 161 Å². The summed E-state index contributed by atoms with van der Waals surface area (Å²) in [4.78, 5) is 14.4. The van der Waals surface area contributed by atoms with Gasteiger partial charge in [0, 0.05) is 43.8 Å². The Hall–Kier alpha value is -1.19. The van der Waals surface area contributed by atoms with Gasteiger partial charge in [0.25, 0.3) is 5.91 Å². The van der Waals surface area contributed by atoms with Crippen LogP contribution in [0.2, 0.25) is 0 Å². The van der Waals surface area contributed by atoms with E-state index in [1.54, 1.807) is 17.0 Å². The Bertz CT molecular complexity index is 720. The molecule has 146 valence electrons. The van der Waals surface area contributed by atoms with Gasteiger partial charge in [-0.2, -0.15) is 4.31 Å². The van der Waals surface area contributed by atoms with E-state index in [2.05, 4.69) is 5.32 Å². The zero-order chi connectivity index (χ0) is 18.0. The van der Waals surface area contributed by atoms with Crippen LogP contribution in [0.15, 0.2) is 29.2 Å². The monoisotopic (exact) mass is 403 g/mol. The van der Waals surface area contributed by atoms with Gasteiger partial charge in [-0.1, -0.05) is 0 Å². The van der Waals surface area contributed by atoms with Gasteiger partial charge < -0.3 is 15.0 Å². The third-order valence-corrected chi connectivity index (χ3v) is 6.98. The van der Waals surface area contributed by atoms with Crippen molar-refractivity contribution in [2.45, 2.75) is 30.8 Å². The summed E-state index contributed by atoms with van der Waals surface area (Å²) < 4.78 is 32.6. The Kier molecular flexibility index (Phi) is 7.04. The van der Waals surface area contributed by atoms with E-state index in [1.807, 2.05) is 13.8 Å². The van der Waals surface area contributed by atoms with Gasteiger partial charge in [0.05, 0.1) is 18.1 Å². The smallest absolute Gasteiger partial charge is 0.254 e. The van der Waals surface area contributed by atoms with E-state index in [9.17, 15) is 13.2 Å². The van der Waals surface area contributed by atoms with Crippen molar-refractivity contribution in [3.05, 3.63) is 29.8 Å². The van der Waals surface area contributed by atoms with Crippen LogP contribution in [0, 0.1) is 0 Å². The minimum atomic E-state index is -3.56. The first-order valence-electron chi connectivity index (χ1n) is 8.63. The van der Waals surface area contributed by atoms with E-state index < -0.39 is 10.0 Å². The van der Waals surface area contributed by atoms with Crippen LogP contribution in [0.25, 0.3) is 0 Å². The van der Waals surface area contributed by atoms with E-state index in [-0.39, 0.29) is 35.3 Å². The summed E-state index contributed by atoms with van der Waals surface area (Å²) in [7, 11) is -3.56. The molecule has 0 radical (unpaired) electrons. The number of ether oxygens (including phenoxy) is 1. The maximum Gasteiger partial charge on any atom is 0.254 e. The van der Waals surface area contributed by atoms with Crippen molar-refractivity contribution in [2.75, 3.05) is 39.4 Å². The molecular weight excluding hydrogens is 378 g/mol. The SMILES string of the molecule is CC1NCCN(S(=O)(=O)c2ccc(C(=O)N3CCOCC3)cc2)C1C.Cl. The van der Waals surface area contributed by atoms with Gasteiger partial charge in [0.1, 0.15) is 0 Å². The van der Waals surface area contributed by atoms with E-state index in [4.69, 9.17) is 4.74 Å². The first-order chi connectivity index (χ1) is 11.9. The summed E-state index contributed by atoms with van der Waals surface area (Å²) in [5.41, 5.74) is 0.502. The van der Waals surface area contributed by atoms with Crippen LogP contribution in [0.1, 0.15) is 24.2 Å². The number of nitrogens with one attached hydrogen (secondary N) is 1. The number of amides is 1. The standard InChI is InChI=1S/C17H25N3O4S.ClH/c1-13-14(2)20(8-7-18-13)25(22,23)16-5-3-15(4-6-16)17(21)19-9-11-24-12-10-19;/h3-6,13-14,18H,7-12H2,1-2H3;1H. The zero-order valence-electron chi connectivity index (χ0n) is 15.1. The third kappa shape index (κ3) is 4.20. The summed E-state index contributed by atoms with van der Waals surface area (Å²) in [5, 5.41) is 3.28. The number of piperazine rings is 1. The molecule has 7 nitrogen and oxygen atoms in total. The minimum absolute atomic E-state index is 0. The van der Waals surface area contributed by atoms with Gasteiger partial charge in [-0.05, 0) is 38.1 Å². The third-order valence-electron chi connectivity index (χ3n) is 4.98. The molecule has 2 heterocycles. The van der Waals surface area contributed by atoms with Gasteiger partial charge in [0.2, 0.25) is 10.0 Å². The summed E-state index contributed by atoms with van der Waals surface area (Å²) in [5.74, 6) is -0.0867. The quantitative estimate of drug-likeness (QED) is 0.813. The molecule has 0 spiro atoms. The summed E-state index contributed by atoms with van der Waals surface area (Å²) >= 11 is 0. The lowest BCUT2D eigenvalue weighted by Gasteiger charge is -2.37. The highest BCUT2D eigenvalue weighted by atomic mass is 35.5. The second-order valence-corrected chi connectivity index (χ2v) is 8.42. The number of nitrogens with zero attached hydrogens (tertiary/aromatic N) is 2. The highest BCUT2D eigenvalue weighted by molar-refractivity contribution is 7.89. The largest absolute Gasteiger partial charge is 0.378 e. The van der Waals surface area contributed by atoms with Crippen LogP contribution in [-0.4, -0.2) is 75.0 Å². The number of hydrogen-bond donors (Lipinski definition) is 1. The minimum Gasteiger partial charge on any atom is -0.378 e. The molecule has 1 amide bonds. The number of halogens is 1. The second kappa shape index (κ2) is 8.67. The number of carbonyl (C=O) groups is 1. The van der Waals surface area contributed by atoms with Gasteiger partial charge in [-0.25, -0.2) is 8.42 Å². The topological polar surface area (TPSA) is 79.0 Å². The lowest BCUT2D eigenvalue weighted by Crippen LogP contribution is -2.57. The van der Waals surface area contributed by atoms with Gasteiger partial charge in [-0.3, -0.25) is 4.79 Å². The van der Waals surface area contributed by atoms with Gasteiger partial charge in [-0.15, -0.1) is 12.4 Å². The van der Waals surface area contributed by atoms with Gasteiger partial charge in [0.15, 0.2) is 0 Å². The number of rotatable bonds is 3. The molecule has 2 unspecified atom stereocenters.